The summed E-state index contributed by atoms with van der Waals surface area (Å²) in [5, 5.41) is 17.0. The highest BCUT2D eigenvalue weighted by Crippen LogP contribution is 2.22. The van der Waals surface area contributed by atoms with E-state index in [2.05, 4.69) is 52.0 Å². The molecule has 0 amide bonds. The van der Waals surface area contributed by atoms with Crippen LogP contribution in [0.25, 0.3) is 16.6 Å². The van der Waals surface area contributed by atoms with Gasteiger partial charge in [0.25, 0.3) is 0 Å². The van der Waals surface area contributed by atoms with E-state index < -0.39 is 0 Å². The molecule has 1 fully saturated rings. The van der Waals surface area contributed by atoms with E-state index in [1.54, 1.807) is 0 Å². The molecule has 0 spiro atoms. The second kappa shape index (κ2) is 5.07. The van der Waals surface area contributed by atoms with Crippen LogP contribution in [-0.4, -0.2) is 26.1 Å². The van der Waals surface area contributed by atoms with E-state index >= 15 is 0 Å². The Morgan fingerprint density at radius 3 is 2.95 bits per heavy atom. The summed E-state index contributed by atoms with van der Waals surface area (Å²) in [5.74, 6) is 0. The van der Waals surface area contributed by atoms with Crippen molar-refractivity contribution in [2.24, 2.45) is 0 Å². The van der Waals surface area contributed by atoms with Crippen molar-refractivity contribution in [3.63, 3.8) is 0 Å². The molecular weight excluding hydrogens is 262 g/mol. The Bertz CT molecular complexity index is 786. The zero-order valence-corrected chi connectivity index (χ0v) is 12.2. The van der Waals surface area contributed by atoms with E-state index in [-0.39, 0.29) is 0 Å². The van der Waals surface area contributed by atoms with Crippen molar-refractivity contribution < 1.29 is 0 Å². The summed E-state index contributed by atoms with van der Waals surface area (Å²) in [6.45, 7) is 2.94. The summed E-state index contributed by atoms with van der Waals surface area (Å²) in [5.41, 5.74) is 4.34. The molecule has 0 radical (unpaired) electrons. The van der Waals surface area contributed by atoms with Crippen molar-refractivity contribution in [3.05, 3.63) is 35.4 Å². The molecule has 5 nitrogen and oxygen atoms in total. The van der Waals surface area contributed by atoms with Crippen molar-refractivity contribution >= 4 is 16.6 Å². The van der Waals surface area contributed by atoms with Crippen LogP contribution in [0.3, 0.4) is 0 Å². The van der Waals surface area contributed by atoms with Crippen LogP contribution in [0.4, 0.5) is 0 Å². The van der Waals surface area contributed by atoms with Crippen molar-refractivity contribution in [1.29, 1.82) is 0 Å². The van der Waals surface area contributed by atoms with Crippen molar-refractivity contribution in [2.45, 2.75) is 45.2 Å². The lowest BCUT2D eigenvalue weighted by atomic mass is 10.1. The first kappa shape index (κ1) is 12.7. The summed E-state index contributed by atoms with van der Waals surface area (Å²) in [6, 6.07) is 9.24. The van der Waals surface area contributed by atoms with Crippen LogP contribution in [0.1, 0.15) is 36.8 Å². The number of hydrogen-bond donors (Lipinski definition) is 1. The van der Waals surface area contributed by atoms with E-state index in [0.29, 0.717) is 6.04 Å². The van der Waals surface area contributed by atoms with Crippen molar-refractivity contribution in [2.75, 3.05) is 0 Å². The minimum absolute atomic E-state index is 0.647. The van der Waals surface area contributed by atoms with Crippen LogP contribution < -0.4 is 5.32 Å². The van der Waals surface area contributed by atoms with E-state index in [0.717, 1.165) is 17.7 Å². The highest BCUT2D eigenvalue weighted by Gasteiger charge is 2.16. The van der Waals surface area contributed by atoms with E-state index in [9.17, 15) is 0 Å². The number of pyridine rings is 1. The van der Waals surface area contributed by atoms with Crippen LogP contribution in [0, 0.1) is 6.92 Å². The Hall–Kier alpha value is -2.01. The fraction of sp³-hybridized carbons (Fsp3) is 0.438. The molecule has 0 saturated heterocycles. The Balaban J connectivity index is 1.76. The molecule has 5 heteroatoms. The standard InChI is InChI=1S/C16H19N5/c1-11-6-7-15-12(8-11)9-13(16-18-19-20-21(15)16)10-17-14-4-2-3-5-14/h6-9,14,17H,2-5,10H2,1H3. The number of rotatable bonds is 3. The third-order valence-corrected chi connectivity index (χ3v) is 4.43. The molecule has 1 aromatic carbocycles. The molecular formula is C16H19N5. The second-order valence-electron chi connectivity index (χ2n) is 6.01. The minimum Gasteiger partial charge on any atom is -0.310 e. The zero-order chi connectivity index (χ0) is 14.2. The predicted octanol–water partition coefficient (Wildman–Crippen LogP) is 2.62. The average Bonchev–Trinajstić information content (AvgIpc) is 3.15. The molecule has 1 aliphatic rings. The molecule has 0 bridgehead atoms. The monoisotopic (exact) mass is 281 g/mol. The van der Waals surface area contributed by atoms with Crippen molar-refractivity contribution in [1.82, 2.24) is 25.4 Å². The summed E-state index contributed by atoms with van der Waals surface area (Å²) >= 11 is 0. The quantitative estimate of drug-likeness (QED) is 0.802. The number of tetrazole rings is 1. The van der Waals surface area contributed by atoms with Gasteiger partial charge in [-0.25, -0.2) is 0 Å². The van der Waals surface area contributed by atoms with Gasteiger partial charge in [0.05, 0.1) is 5.52 Å². The number of fused-ring (bicyclic) bond motifs is 3. The molecule has 0 unspecified atom stereocenters. The third-order valence-electron chi connectivity index (χ3n) is 4.43. The fourth-order valence-corrected chi connectivity index (χ4v) is 3.30. The molecule has 1 N–H and O–H groups in total. The Morgan fingerprint density at radius 1 is 1.24 bits per heavy atom. The average molecular weight is 281 g/mol. The normalized spacial score (nSPS) is 16.2. The largest absolute Gasteiger partial charge is 0.310 e. The summed E-state index contributed by atoms with van der Waals surface area (Å²) in [4.78, 5) is 0. The van der Waals surface area contributed by atoms with Gasteiger partial charge in [0, 0.05) is 23.5 Å². The van der Waals surface area contributed by atoms with Gasteiger partial charge in [-0.3, -0.25) is 0 Å². The van der Waals surface area contributed by atoms with E-state index in [4.69, 9.17) is 0 Å². The van der Waals surface area contributed by atoms with Crippen molar-refractivity contribution in [3.8, 4) is 0 Å². The maximum atomic E-state index is 4.20. The van der Waals surface area contributed by atoms with Gasteiger partial charge in [-0.05, 0) is 48.4 Å². The van der Waals surface area contributed by atoms with Gasteiger partial charge in [0.15, 0.2) is 5.65 Å². The number of nitrogens with zero attached hydrogens (tertiary/aromatic N) is 4. The van der Waals surface area contributed by atoms with E-state index in [1.807, 2.05) is 4.52 Å². The first-order chi connectivity index (χ1) is 10.3. The number of aryl methyl sites for hydroxylation is 1. The molecule has 3 aromatic rings. The smallest absolute Gasteiger partial charge is 0.184 e. The van der Waals surface area contributed by atoms with Gasteiger partial charge in [-0.1, -0.05) is 24.5 Å². The highest BCUT2D eigenvalue weighted by atomic mass is 15.5. The first-order valence-corrected chi connectivity index (χ1v) is 7.65. The molecule has 2 aromatic heterocycles. The van der Waals surface area contributed by atoms with Crippen LogP contribution in [-0.2, 0) is 6.54 Å². The van der Waals surface area contributed by atoms with Gasteiger partial charge >= 0.3 is 0 Å². The first-order valence-electron chi connectivity index (χ1n) is 7.65. The minimum atomic E-state index is 0.647. The molecule has 0 atom stereocenters. The Labute approximate surface area is 123 Å². The SMILES string of the molecule is Cc1ccc2c(c1)cc(CNC1CCCC1)c1nnnn12. The van der Waals surface area contributed by atoms with Gasteiger partial charge in [-0.15, -0.1) is 5.10 Å². The van der Waals surface area contributed by atoms with Gasteiger partial charge in [-0.2, -0.15) is 4.52 Å². The lowest BCUT2D eigenvalue weighted by Gasteiger charge is -2.13. The number of hydrogen-bond acceptors (Lipinski definition) is 4. The topological polar surface area (TPSA) is 55.1 Å². The number of aromatic nitrogens is 4. The summed E-state index contributed by atoms with van der Waals surface area (Å²) < 4.78 is 1.85. The number of nitrogens with one attached hydrogen (secondary N) is 1. The summed E-state index contributed by atoms with van der Waals surface area (Å²) in [7, 11) is 0. The van der Waals surface area contributed by atoms with Crippen LogP contribution in [0.5, 0.6) is 0 Å². The lowest BCUT2D eigenvalue weighted by Crippen LogP contribution is -2.25. The lowest BCUT2D eigenvalue weighted by molar-refractivity contribution is 0.525. The third kappa shape index (κ3) is 2.27. The molecule has 0 aliphatic heterocycles. The molecule has 21 heavy (non-hydrogen) atoms. The zero-order valence-electron chi connectivity index (χ0n) is 12.2. The molecule has 1 saturated carbocycles. The fourth-order valence-electron chi connectivity index (χ4n) is 3.30. The van der Waals surface area contributed by atoms with Gasteiger partial charge in [0.1, 0.15) is 0 Å². The van der Waals surface area contributed by atoms with Gasteiger partial charge < -0.3 is 5.32 Å². The van der Waals surface area contributed by atoms with Crippen LogP contribution in [0.15, 0.2) is 24.3 Å². The molecule has 2 heterocycles. The Morgan fingerprint density at radius 2 is 2.10 bits per heavy atom. The molecule has 4 rings (SSSR count). The second-order valence-corrected chi connectivity index (χ2v) is 6.01. The number of benzene rings is 1. The maximum absolute atomic E-state index is 4.20. The van der Waals surface area contributed by atoms with E-state index in [1.165, 1.54) is 42.2 Å². The van der Waals surface area contributed by atoms with Crippen LogP contribution in [0.2, 0.25) is 0 Å². The summed E-state index contributed by atoms with van der Waals surface area (Å²) in [6.07, 6.45) is 5.26. The molecule has 1 aliphatic carbocycles. The maximum Gasteiger partial charge on any atom is 0.184 e. The Kier molecular flexibility index (Phi) is 3.07. The van der Waals surface area contributed by atoms with Gasteiger partial charge in [0.2, 0.25) is 0 Å². The predicted molar refractivity (Wildman–Crippen MR) is 82.1 cm³/mol. The van der Waals surface area contributed by atoms with Crippen LogP contribution >= 0.6 is 0 Å². The molecule has 108 valence electrons. The highest BCUT2D eigenvalue weighted by molar-refractivity contribution is 5.83.